The van der Waals surface area contributed by atoms with Crippen LogP contribution in [0.3, 0.4) is 0 Å². The number of benzene rings is 1. The Bertz CT molecular complexity index is 374. The van der Waals surface area contributed by atoms with Crippen molar-refractivity contribution in [3.8, 4) is 0 Å². The summed E-state index contributed by atoms with van der Waals surface area (Å²) in [5.74, 6) is -0.456. The van der Waals surface area contributed by atoms with Gasteiger partial charge in [-0.2, -0.15) is 0 Å². The third-order valence-corrected chi connectivity index (χ3v) is 2.72. The summed E-state index contributed by atoms with van der Waals surface area (Å²) in [6.07, 6.45) is 1.54. The summed E-state index contributed by atoms with van der Waals surface area (Å²) in [6, 6.07) is 6.31. The lowest BCUT2D eigenvalue weighted by Crippen LogP contribution is -2.45. The molecule has 0 aliphatic rings. The third kappa shape index (κ3) is 3.14. The fourth-order valence-corrected chi connectivity index (χ4v) is 1.68. The highest BCUT2D eigenvalue weighted by atomic mass is 19.1. The van der Waals surface area contributed by atoms with E-state index in [1.54, 1.807) is 25.1 Å². The molecule has 16 heavy (non-hydrogen) atoms. The minimum absolute atomic E-state index is 0.0691. The fraction of sp³-hybridized carbons (Fsp3) is 0.462. The molecule has 0 aliphatic carbocycles. The van der Waals surface area contributed by atoms with Crippen LogP contribution in [0.2, 0.25) is 0 Å². The molecule has 1 aromatic rings. The number of hydrogen-bond acceptors (Lipinski definition) is 2. The molecule has 0 aromatic heterocycles. The predicted molar refractivity (Wildman–Crippen MR) is 62.6 cm³/mol. The molecule has 0 spiro atoms. The molecule has 1 aromatic carbocycles. The van der Waals surface area contributed by atoms with Gasteiger partial charge in [-0.1, -0.05) is 31.5 Å². The number of Topliss-reactive ketones (excluding diaryl/α,β-unsaturated/α-hetero) is 1. The molecule has 2 nitrogen and oxygen atoms in total. The largest absolute Gasteiger partial charge is 0.319 e. The number of carbonyl (C=O) groups excluding carboxylic acids is 1. The summed E-state index contributed by atoms with van der Waals surface area (Å²) in [7, 11) is 0. The van der Waals surface area contributed by atoms with Gasteiger partial charge >= 0.3 is 0 Å². The normalized spacial score (nSPS) is 14.5. The molecule has 0 saturated carbocycles. The summed E-state index contributed by atoms with van der Waals surface area (Å²) in [5, 5.41) is 0. The van der Waals surface area contributed by atoms with Gasteiger partial charge < -0.3 is 5.73 Å². The Morgan fingerprint density at radius 2 is 2.06 bits per heavy atom. The summed E-state index contributed by atoms with van der Waals surface area (Å²) >= 11 is 0. The Kier molecular flexibility index (Phi) is 4.19. The third-order valence-electron chi connectivity index (χ3n) is 2.72. The van der Waals surface area contributed by atoms with Crippen LogP contribution in [0.4, 0.5) is 4.39 Å². The number of nitrogens with two attached hydrogens (primary N) is 1. The van der Waals surface area contributed by atoms with E-state index in [2.05, 4.69) is 0 Å². The standard InChI is InChI=1S/C13H18FNO/c1-3-8-13(2,15)12(16)9-10-6-4-5-7-11(10)14/h4-7H,3,8-9,15H2,1-2H3. The average Bonchev–Trinajstić information content (AvgIpc) is 2.21. The van der Waals surface area contributed by atoms with Gasteiger partial charge in [0.15, 0.2) is 5.78 Å². The molecule has 2 N–H and O–H groups in total. The molecule has 0 heterocycles. The van der Waals surface area contributed by atoms with Crippen molar-refractivity contribution in [3.05, 3.63) is 35.6 Å². The van der Waals surface area contributed by atoms with E-state index in [-0.39, 0.29) is 18.0 Å². The maximum absolute atomic E-state index is 13.3. The van der Waals surface area contributed by atoms with Crippen molar-refractivity contribution >= 4 is 5.78 Å². The number of ketones is 1. The second-order valence-electron chi connectivity index (χ2n) is 4.36. The van der Waals surface area contributed by atoms with Gasteiger partial charge in [0.25, 0.3) is 0 Å². The highest BCUT2D eigenvalue weighted by Gasteiger charge is 2.27. The van der Waals surface area contributed by atoms with E-state index in [9.17, 15) is 9.18 Å². The van der Waals surface area contributed by atoms with Crippen molar-refractivity contribution in [2.45, 2.75) is 38.6 Å². The van der Waals surface area contributed by atoms with Crippen LogP contribution in [-0.2, 0) is 11.2 Å². The van der Waals surface area contributed by atoms with Crippen molar-refractivity contribution < 1.29 is 9.18 Å². The molecule has 1 atom stereocenters. The van der Waals surface area contributed by atoms with Crippen LogP contribution in [0, 0.1) is 5.82 Å². The number of carbonyl (C=O) groups is 1. The van der Waals surface area contributed by atoms with E-state index in [1.165, 1.54) is 6.07 Å². The van der Waals surface area contributed by atoms with Crippen molar-refractivity contribution in [1.29, 1.82) is 0 Å². The van der Waals surface area contributed by atoms with E-state index in [1.807, 2.05) is 6.92 Å². The number of rotatable bonds is 5. The lowest BCUT2D eigenvalue weighted by atomic mass is 9.88. The first-order valence-corrected chi connectivity index (χ1v) is 5.53. The SMILES string of the molecule is CCCC(C)(N)C(=O)Cc1ccccc1F. The van der Waals surface area contributed by atoms with Gasteiger partial charge in [0.2, 0.25) is 0 Å². The molecule has 88 valence electrons. The highest BCUT2D eigenvalue weighted by Crippen LogP contribution is 2.15. The Hall–Kier alpha value is -1.22. The molecule has 1 unspecified atom stereocenters. The van der Waals surface area contributed by atoms with Gasteiger partial charge in [0.05, 0.1) is 5.54 Å². The average molecular weight is 223 g/mol. The first-order valence-electron chi connectivity index (χ1n) is 5.53. The Balaban J connectivity index is 2.75. The molecule has 0 bridgehead atoms. The van der Waals surface area contributed by atoms with E-state index in [4.69, 9.17) is 5.73 Å². The second-order valence-corrected chi connectivity index (χ2v) is 4.36. The molecular formula is C13H18FNO. The molecular weight excluding hydrogens is 205 g/mol. The lowest BCUT2D eigenvalue weighted by molar-refractivity contribution is -0.123. The summed E-state index contributed by atoms with van der Waals surface area (Å²) in [5.41, 5.74) is 5.46. The Labute approximate surface area is 95.7 Å². The second kappa shape index (κ2) is 5.21. The van der Waals surface area contributed by atoms with Gasteiger partial charge in [0, 0.05) is 6.42 Å². The van der Waals surface area contributed by atoms with Crippen LogP contribution in [-0.4, -0.2) is 11.3 Å². The maximum atomic E-state index is 13.3. The zero-order valence-corrected chi connectivity index (χ0v) is 9.79. The molecule has 0 aliphatic heterocycles. The van der Waals surface area contributed by atoms with E-state index >= 15 is 0 Å². The molecule has 0 amide bonds. The molecule has 3 heteroatoms. The predicted octanol–water partition coefficient (Wildman–Crippen LogP) is 2.45. The molecule has 0 fully saturated rings. The summed E-state index contributed by atoms with van der Waals surface area (Å²) in [6.45, 7) is 3.68. The number of hydrogen-bond donors (Lipinski definition) is 1. The van der Waals surface area contributed by atoms with Crippen LogP contribution < -0.4 is 5.73 Å². The topological polar surface area (TPSA) is 43.1 Å². The maximum Gasteiger partial charge on any atom is 0.156 e. The van der Waals surface area contributed by atoms with Crippen LogP contribution >= 0.6 is 0 Å². The highest BCUT2D eigenvalue weighted by molar-refractivity contribution is 5.89. The van der Waals surface area contributed by atoms with Crippen LogP contribution in [0.15, 0.2) is 24.3 Å². The van der Waals surface area contributed by atoms with Gasteiger partial charge in [0.1, 0.15) is 5.82 Å². The van der Waals surface area contributed by atoms with Gasteiger partial charge in [-0.15, -0.1) is 0 Å². The first-order chi connectivity index (χ1) is 7.47. The van der Waals surface area contributed by atoms with Gasteiger partial charge in [-0.25, -0.2) is 4.39 Å². The van der Waals surface area contributed by atoms with Crippen LogP contribution in [0.25, 0.3) is 0 Å². The first kappa shape index (κ1) is 12.8. The van der Waals surface area contributed by atoms with Gasteiger partial charge in [-0.05, 0) is 25.0 Å². The summed E-state index contributed by atoms with van der Waals surface area (Å²) in [4.78, 5) is 11.9. The smallest absolute Gasteiger partial charge is 0.156 e. The Morgan fingerprint density at radius 1 is 1.44 bits per heavy atom. The molecule has 0 radical (unpaired) electrons. The summed E-state index contributed by atoms with van der Waals surface area (Å²) < 4.78 is 13.3. The van der Waals surface area contributed by atoms with E-state index in [0.29, 0.717) is 12.0 Å². The zero-order chi connectivity index (χ0) is 12.2. The minimum Gasteiger partial charge on any atom is -0.319 e. The monoisotopic (exact) mass is 223 g/mol. The zero-order valence-electron chi connectivity index (χ0n) is 9.79. The minimum atomic E-state index is -0.850. The fourth-order valence-electron chi connectivity index (χ4n) is 1.68. The van der Waals surface area contributed by atoms with Crippen molar-refractivity contribution in [1.82, 2.24) is 0 Å². The van der Waals surface area contributed by atoms with E-state index < -0.39 is 5.54 Å². The van der Waals surface area contributed by atoms with Gasteiger partial charge in [-0.3, -0.25) is 4.79 Å². The van der Waals surface area contributed by atoms with Crippen molar-refractivity contribution in [2.75, 3.05) is 0 Å². The molecule has 1 rings (SSSR count). The van der Waals surface area contributed by atoms with Crippen molar-refractivity contribution in [2.24, 2.45) is 5.73 Å². The molecule has 0 saturated heterocycles. The van der Waals surface area contributed by atoms with Crippen LogP contribution in [0.1, 0.15) is 32.3 Å². The van der Waals surface area contributed by atoms with E-state index in [0.717, 1.165) is 6.42 Å². The quantitative estimate of drug-likeness (QED) is 0.833. The lowest BCUT2D eigenvalue weighted by Gasteiger charge is -2.22. The van der Waals surface area contributed by atoms with Crippen molar-refractivity contribution in [3.63, 3.8) is 0 Å². The Morgan fingerprint density at radius 3 is 2.62 bits per heavy atom. The number of halogens is 1. The van der Waals surface area contributed by atoms with Crippen LogP contribution in [0.5, 0.6) is 0 Å².